The zero-order chi connectivity index (χ0) is 20.5. The number of carbonyl (C=O) groups is 1. The zero-order valence-electron chi connectivity index (χ0n) is 17.5. The Morgan fingerprint density at radius 1 is 1.10 bits per heavy atom. The van der Waals surface area contributed by atoms with Crippen molar-refractivity contribution in [1.29, 1.82) is 0 Å². The standard InChI is InChI=1S/C23H28N6O/c1-17-13-24-21(25-17)16-27-12-9-20-19(15-27)22(23(30)28-10-5-6-11-28)26-29(20)14-18-7-3-2-4-8-18/h2-4,7-8,13H,5-6,9-12,14-16H2,1H3,(H,24,25). The molecule has 1 saturated heterocycles. The van der Waals surface area contributed by atoms with Crippen LogP contribution in [0.3, 0.4) is 0 Å². The van der Waals surface area contributed by atoms with Gasteiger partial charge >= 0.3 is 0 Å². The number of hydrogen-bond donors (Lipinski definition) is 1. The number of benzene rings is 1. The van der Waals surface area contributed by atoms with Crippen molar-refractivity contribution in [2.45, 2.75) is 45.8 Å². The number of fused-ring (bicyclic) bond motifs is 1. The maximum Gasteiger partial charge on any atom is 0.274 e. The Morgan fingerprint density at radius 2 is 1.90 bits per heavy atom. The Morgan fingerprint density at radius 3 is 2.63 bits per heavy atom. The average molecular weight is 405 g/mol. The van der Waals surface area contributed by atoms with E-state index in [-0.39, 0.29) is 5.91 Å². The summed E-state index contributed by atoms with van der Waals surface area (Å²) < 4.78 is 2.06. The zero-order valence-corrected chi connectivity index (χ0v) is 17.5. The number of H-pyrrole nitrogens is 1. The molecule has 7 heteroatoms. The number of hydrogen-bond acceptors (Lipinski definition) is 4. The van der Waals surface area contributed by atoms with Crippen molar-refractivity contribution in [3.8, 4) is 0 Å². The topological polar surface area (TPSA) is 70.1 Å². The number of carbonyl (C=O) groups excluding carboxylic acids is 1. The van der Waals surface area contributed by atoms with Crippen molar-refractivity contribution >= 4 is 5.91 Å². The van der Waals surface area contributed by atoms with Gasteiger partial charge in [0.25, 0.3) is 5.91 Å². The monoisotopic (exact) mass is 404 g/mol. The van der Waals surface area contributed by atoms with Crippen LogP contribution in [0, 0.1) is 6.92 Å². The highest BCUT2D eigenvalue weighted by Crippen LogP contribution is 2.26. The van der Waals surface area contributed by atoms with Crippen LogP contribution >= 0.6 is 0 Å². The van der Waals surface area contributed by atoms with E-state index in [1.54, 1.807) is 0 Å². The Balaban J connectivity index is 1.44. The molecule has 156 valence electrons. The summed E-state index contributed by atoms with van der Waals surface area (Å²) in [6.45, 7) is 6.83. The summed E-state index contributed by atoms with van der Waals surface area (Å²) in [5.41, 5.74) is 5.22. The summed E-state index contributed by atoms with van der Waals surface area (Å²) in [5, 5.41) is 4.85. The molecule has 1 aromatic carbocycles. The summed E-state index contributed by atoms with van der Waals surface area (Å²) >= 11 is 0. The van der Waals surface area contributed by atoms with Gasteiger partial charge in [0.15, 0.2) is 5.69 Å². The molecule has 0 bridgehead atoms. The van der Waals surface area contributed by atoms with E-state index in [4.69, 9.17) is 5.10 Å². The number of likely N-dealkylation sites (tertiary alicyclic amines) is 1. The van der Waals surface area contributed by atoms with Crippen LogP contribution in [0.15, 0.2) is 36.5 Å². The lowest BCUT2D eigenvalue weighted by Crippen LogP contribution is -2.33. The van der Waals surface area contributed by atoms with Gasteiger partial charge in [-0.15, -0.1) is 0 Å². The minimum Gasteiger partial charge on any atom is -0.345 e. The predicted octanol–water partition coefficient (Wildman–Crippen LogP) is 2.76. The Labute approximate surface area is 176 Å². The number of nitrogens with zero attached hydrogens (tertiary/aromatic N) is 5. The van der Waals surface area contributed by atoms with Crippen LogP contribution in [0.4, 0.5) is 0 Å². The first kappa shape index (κ1) is 19.1. The van der Waals surface area contributed by atoms with Gasteiger partial charge in [0.1, 0.15) is 5.82 Å². The highest BCUT2D eigenvalue weighted by atomic mass is 16.2. The van der Waals surface area contributed by atoms with Crippen molar-refractivity contribution in [1.82, 2.24) is 29.5 Å². The lowest BCUT2D eigenvalue weighted by molar-refractivity contribution is 0.0783. The average Bonchev–Trinajstić information content (AvgIpc) is 3.50. The molecule has 1 N–H and O–H groups in total. The van der Waals surface area contributed by atoms with Gasteiger partial charge in [-0.25, -0.2) is 4.98 Å². The van der Waals surface area contributed by atoms with Crippen molar-refractivity contribution in [3.63, 3.8) is 0 Å². The molecule has 30 heavy (non-hydrogen) atoms. The molecule has 1 amide bonds. The highest BCUT2D eigenvalue weighted by molar-refractivity contribution is 5.94. The Kier molecular flexibility index (Phi) is 5.12. The van der Waals surface area contributed by atoms with E-state index >= 15 is 0 Å². The molecular formula is C23H28N6O. The third-order valence-corrected chi connectivity index (χ3v) is 6.11. The van der Waals surface area contributed by atoms with E-state index in [9.17, 15) is 4.79 Å². The number of nitrogens with one attached hydrogen (secondary N) is 1. The molecule has 0 saturated carbocycles. The number of amides is 1. The fourth-order valence-electron chi connectivity index (χ4n) is 4.57. The second-order valence-electron chi connectivity index (χ2n) is 8.39. The molecule has 2 aliphatic heterocycles. The largest absolute Gasteiger partial charge is 0.345 e. The third-order valence-electron chi connectivity index (χ3n) is 6.11. The van der Waals surface area contributed by atoms with E-state index in [0.717, 1.165) is 69.1 Å². The van der Waals surface area contributed by atoms with Gasteiger partial charge in [0.2, 0.25) is 0 Å². The minimum atomic E-state index is 0.0891. The van der Waals surface area contributed by atoms with Crippen LogP contribution in [-0.4, -0.2) is 55.1 Å². The van der Waals surface area contributed by atoms with Gasteiger partial charge in [0.05, 0.1) is 13.1 Å². The van der Waals surface area contributed by atoms with Gasteiger partial charge in [-0.3, -0.25) is 14.4 Å². The number of rotatable bonds is 5. The summed E-state index contributed by atoms with van der Waals surface area (Å²) in [6.07, 6.45) is 4.93. The normalized spacial score (nSPS) is 16.8. The summed E-state index contributed by atoms with van der Waals surface area (Å²) in [6, 6.07) is 10.4. The van der Waals surface area contributed by atoms with E-state index in [2.05, 4.69) is 43.8 Å². The quantitative estimate of drug-likeness (QED) is 0.710. The number of aryl methyl sites for hydroxylation is 1. The van der Waals surface area contributed by atoms with Crippen LogP contribution < -0.4 is 0 Å². The third kappa shape index (κ3) is 3.77. The number of aromatic amines is 1. The minimum absolute atomic E-state index is 0.0891. The smallest absolute Gasteiger partial charge is 0.274 e. The second-order valence-corrected chi connectivity index (χ2v) is 8.39. The van der Waals surface area contributed by atoms with E-state index in [1.165, 1.54) is 11.3 Å². The second kappa shape index (κ2) is 8.07. The fourth-order valence-corrected chi connectivity index (χ4v) is 4.57. The van der Waals surface area contributed by atoms with Crippen LogP contribution in [0.25, 0.3) is 0 Å². The molecule has 0 radical (unpaired) electrons. The van der Waals surface area contributed by atoms with E-state index in [0.29, 0.717) is 12.2 Å². The van der Waals surface area contributed by atoms with Gasteiger partial charge in [-0.1, -0.05) is 30.3 Å². The summed E-state index contributed by atoms with van der Waals surface area (Å²) in [7, 11) is 0. The highest BCUT2D eigenvalue weighted by Gasteiger charge is 2.31. The summed E-state index contributed by atoms with van der Waals surface area (Å²) in [5.74, 6) is 1.06. The van der Waals surface area contributed by atoms with Crippen LogP contribution in [0.2, 0.25) is 0 Å². The van der Waals surface area contributed by atoms with Crippen LogP contribution in [0.1, 0.15) is 51.7 Å². The molecule has 2 aromatic heterocycles. The molecule has 3 aromatic rings. The van der Waals surface area contributed by atoms with Crippen molar-refractivity contribution in [3.05, 3.63) is 70.6 Å². The van der Waals surface area contributed by atoms with Crippen molar-refractivity contribution in [2.24, 2.45) is 0 Å². The lowest BCUT2D eigenvalue weighted by Gasteiger charge is -2.27. The maximum atomic E-state index is 13.3. The molecule has 1 fully saturated rings. The SMILES string of the molecule is Cc1cnc(CN2CCc3c(c(C(=O)N4CCCC4)nn3Cc3ccccc3)C2)[nH]1. The van der Waals surface area contributed by atoms with Crippen LogP contribution in [0.5, 0.6) is 0 Å². The predicted molar refractivity (Wildman–Crippen MR) is 114 cm³/mol. The van der Waals surface area contributed by atoms with Gasteiger partial charge < -0.3 is 9.88 Å². The molecule has 0 unspecified atom stereocenters. The van der Waals surface area contributed by atoms with E-state index in [1.807, 2.05) is 24.1 Å². The van der Waals surface area contributed by atoms with E-state index < -0.39 is 0 Å². The molecule has 0 spiro atoms. The number of aromatic nitrogens is 4. The van der Waals surface area contributed by atoms with Gasteiger partial charge in [0, 0.05) is 55.7 Å². The van der Waals surface area contributed by atoms with Gasteiger partial charge in [-0.05, 0) is 25.3 Å². The molecule has 4 heterocycles. The molecule has 0 aliphatic carbocycles. The molecule has 2 aliphatic rings. The van der Waals surface area contributed by atoms with Gasteiger partial charge in [-0.2, -0.15) is 5.10 Å². The molecule has 5 rings (SSSR count). The first-order valence-corrected chi connectivity index (χ1v) is 10.8. The Bertz CT molecular complexity index is 1030. The molecule has 7 nitrogen and oxygen atoms in total. The molecular weight excluding hydrogens is 376 g/mol. The van der Waals surface area contributed by atoms with Crippen LogP contribution in [-0.2, 0) is 26.1 Å². The molecule has 0 atom stereocenters. The lowest BCUT2D eigenvalue weighted by atomic mass is 10.0. The first-order valence-electron chi connectivity index (χ1n) is 10.8. The van der Waals surface area contributed by atoms with Crippen molar-refractivity contribution < 1.29 is 4.79 Å². The number of imidazole rings is 1. The first-order chi connectivity index (χ1) is 14.7. The Hall–Kier alpha value is -2.93. The van der Waals surface area contributed by atoms with Crippen molar-refractivity contribution in [2.75, 3.05) is 19.6 Å². The maximum absolute atomic E-state index is 13.3. The summed E-state index contributed by atoms with van der Waals surface area (Å²) in [4.78, 5) is 25.4. The fraction of sp³-hybridized carbons (Fsp3) is 0.435.